The van der Waals surface area contributed by atoms with E-state index in [1.165, 1.54) is 0 Å². The van der Waals surface area contributed by atoms with E-state index >= 15 is 0 Å². The summed E-state index contributed by atoms with van der Waals surface area (Å²) in [5.41, 5.74) is -2.39. The SMILES string of the molecule is [C-]#[N+]C(Sc1ccccc1C)c1cc(C(F)(F)F)cc(C(F)(F)F)c1. The maximum atomic E-state index is 12.9. The second-order valence-corrected chi connectivity index (χ2v) is 6.33. The van der Waals surface area contributed by atoms with Crippen molar-refractivity contribution in [3.8, 4) is 0 Å². The Kier molecular flexibility index (Phi) is 5.37. The molecule has 132 valence electrons. The highest BCUT2D eigenvalue weighted by Crippen LogP contribution is 2.42. The van der Waals surface area contributed by atoms with Crippen molar-refractivity contribution in [1.29, 1.82) is 0 Å². The Balaban J connectivity index is 2.51. The van der Waals surface area contributed by atoms with Crippen LogP contribution in [0.25, 0.3) is 4.85 Å². The molecule has 2 rings (SSSR count). The topological polar surface area (TPSA) is 4.36 Å². The average molecular weight is 375 g/mol. The van der Waals surface area contributed by atoms with E-state index in [9.17, 15) is 26.3 Å². The lowest BCUT2D eigenvalue weighted by Crippen LogP contribution is -2.12. The van der Waals surface area contributed by atoms with Crippen LogP contribution in [0.2, 0.25) is 0 Å². The van der Waals surface area contributed by atoms with Crippen LogP contribution in [0.1, 0.15) is 27.6 Å². The number of rotatable bonds is 3. The molecule has 0 aromatic heterocycles. The number of hydrogen-bond acceptors (Lipinski definition) is 1. The van der Waals surface area contributed by atoms with Crippen molar-refractivity contribution in [2.24, 2.45) is 0 Å². The minimum Gasteiger partial charge on any atom is -0.296 e. The van der Waals surface area contributed by atoms with E-state index in [1.807, 2.05) is 0 Å². The van der Waals surface area contributed by atoms with E-state index in [1.54, 1.807) is 31.2 Å². The van der Waals surface area contributed by atoms with Gasteiger partial charge in [0.2, 0.25) is 0 Å². The van der Waals surface area contributed by atoms with Crippen LogP contribution in [0.15, 0.2) is 47.4 Å². The van der Waals surface area contributed by atoms with E-state index in [-0.39, 0.29) is 11.6 Å². The van der Waals surface area contributed by atoms with Gasteiger partial charge in [-0.15, -0.1) is 0 Å². The van der Waals surface area contributed by atoms with E-state index < -0.39 is 28.9 Å². The molecule has 25 heavy (non-hydrogen) atoms. The third kappa shape index (κ3) is 4.69. The summed E-state index contributed by atoms with van der Waals surface area (Å²) in [5, 5.41) is -1.22. The molecule has 8 heteroatoms. The first-order valence-electron chi connectivity index (χ1n) is 6.90. The van der Waals surface area contributed by atoms with Crippen molar-refractivity contribution < 1.29 is 26.3 Å². The summed E-state index contributed by atoms with van der Waals surface area (Å²) in [5.74, 6) is 0. The molecule has 1 nitrogen and oxygen atoms in total. The molecule has 0 heterocycles. The lowest BCUT2D eigenvalue weighted by molar-refractivity contribution is -0.143. The summed E-state index contributed by atoms with van der Waals surface area (Å²) in [4.78, 5) is 3.84. The highest BCUT2D eigenvalue weighted by Gasteiger charge is 2.38. The summed E-state index contributed by atoms with van der Waals surface area (Å²) in [6.07, 6.45) is -9.87. The highest BCUT2D eigenvalue weighted by molar-refractivity contribution is 7.99. The second-order valence-electron chi connectivity index (χ2n) is 5.20. The lowest BCUT2D eigenvalue weighted by atomic mass is 10.0. The van der Waals surface area contributed by atoms with Gasteiger partial charge in [0, 0.05) is 10.5 Å². The lowest BCUT2D eigenvalue weighted by Gasteiger charge is -2.15. The van der Waals surface area contributed by atoms with E-state index in [2.05, 4.69) is 4.85 Å². The van der Waals surface area contributed by atoms with Gasteiger partial charge in [0.05, 0.1) is 11.1 Å². The fourth-order valence-corrected chi connectivity index (χ4v) is 3.08. The van der Waals surface area contributed by atoms with Crippen molar-refractivity contribution in [3.63, 3.8) is 0 Å². The maximum Gasteiger partial charge on any atom is 0.416 e. The molecular weight excluding hydrogens is 364 g/mol. The zero-order valence-corrected chi connectivity index (χ0v) is 13.6. The van der Waals surface area contributed by atoms with E-state index in [0.717, 1.165) is 17.3 Å². The van der Waals surface area contributed by atoms with Crippen LogP contribution < -0.4 is 0 Å². The molecule has 1 unspecified atom stereocenters. The van der Waals surface area contributed by atoms with Crippen LogP contribution in [0.4, 0.5) is 26.3 Å². The molecule has 0 aliphatic heterocycles. The van der Waals surface area contributed by atoms with Crippen LogP contribution in [-0.4, -0.2) is 0 Å². The number of hydrogen-bond donors (Lipinski definition) is 0. The largest absolute Gasteiger partial charge is 0.416 e. The molecule has 2 aromatic rings. The number of halogens is 6. The Morgan fingerprint density at radius 3 is 1.88 bits per heavy atom. The standard InChI is InChI=1S/C17H11F6NS/c1-10-5-3-4-6-14(10)25-15(24-2)11-7-12(16(18,19)20)9-13(8-11)17(21,22)23/h3-9,15H,1H3. The first-order valence-corrected chi connectivity index (χ1v) is 7.78. The molecule has 2 aromatic carbocycles. The average Bonchev–Trinajstić information content (AvgIpc) is 2.52. The van der Waals surface area contributed by atoms with Crippen molar-refractivity contribution in [2.45, 2.75) is 29.5 Å². The highest BCUT2D eigenvalue weighted by atomic mass is 32.2. The van der Waals surface area contributed by atoms with Gasteiger partial charge >= 0.3 is 12.4 Å². The third-order valence-electron chi connectivity index (χ3n) is 3.34. The van der Waals surface area contributed by atoms with Gasteiger partial charge in [0.25, 0.3) is 5.37 Å². The van der Waals surface area contributed by atoms with Crippen molar-refractivity contribution >= 4 is 11.8 Å². The number of aryl methyl sites for hydroxylation is 1. The summed E-state index contributed by atoms with van der Waals surface area (Å²) in [6.45, 7) is 8.96. The van der Waals surface area contributed by atoms with Crippen LogP contribution in [0.5, 0.6) is 0 Å². The number of thioether (sulfide) groups is 1. The predicted molar refractivity (Wildman–Crippen MR) is 82.8 cm³/mol. The zero-order valence-electron chi connectivity index (χ0n) is 12.7. The minimum atomic E-state index is -4.93. The molecular formula is C17H11F6NS. The van der Waals surface area contributed by atoms with Gasteiger partial charge in [-0.3, -0.25) is 4.85 Å². The third-order valence-corrected chi connectivity index (χ3v) is 4.66. The predicted octanol–water partition coefficient (Wildman–Crippen LogP) is 6.74. The van der Waals surface area contributed by atoms with Gasteiger partial charge in [-0.2, -0.15) is 26.3 Å². The Morgan fingerprint density at radius 2 is 1.44 bits per heavy atom. The molecule has 0 spiro atoms. The molecule has 0 fully saturated rings. The molecule has 0 saturated heterocycles. The van der Waals surface area contributed by atoms with Gasteiger partial charge in [-0.1, -0.05) is 18.2 Å². The molecule has 0 radical (unpaired) electrons. The maximum absolute atomic E-state index is 12.9. The van der Waals surface area contributed by atoms with Gasteiger partial charge in [-0.05, 0) is 48.5 Å². The Hall–Kier alpha value is -2.14. The molecule has 0 saturated carbocycles. The minimum absolute atomic E-state index is 0.0585. The molecule has 0 N–H and O–H groups in total. The Morgan fingerprint density at radius 1 is 0.920 bits per heavy atom. The summed E-state index contributed by atoms with van der Waals surface area (Å²) in [7, 11) is 0. The Labute approximate surface area is 144 Å². The normalized spacial score (nSPS) is 13.4. The van der Waals surface area contributed by atoms with Crippen LogP contribution in [0, 0.1) is 13.5 Å². The van der Waals surface area contributed by atoms with Gasteiger partial charge in [0.1, 0.15) is 0 Å². The van der Waals surface area contributed by atoms with Crippen molar-refractivity contribution in [2.75, 3.05) is 0 Å². The molecule has 1 atom stereocenters. The molecule has 0 aliphatic rings. The van der Waals surface area contributed by atoms with E-state index in [4.69, 9.17) is 6.57 Å². The number of benzene rings is 2. The first-order chi connectivity index (χ1) is 11.5. The smallest absolute Gasteiger partial charge is 0.296 e. The van der Waals surface area contributed by atoms with Crippen LogP contribution in [-0.2, 0) is 12.4 Å². The second kappa shape index (κ2) is 7.00. The zero-order chi connectivity index (χ0) is 18.8. The fraction of sp³-hybridized carbons (Fsp3) is 0.235. The molecule has 0 aliphatic carbocycles. The first kappa shape index (κ1) is 19.2. The molecule has 0 amide bonds. The Bertz CT molecular complexity index is 772. The van der Waals surface area contributed by atoms with E-state index in [0.29, 0.717) is 17.0 Å². The number of alkyl halides is 6. The molecule has 0 bridgehead atoms. The van der Waals surface area contributed by atoms with Crippen molar-refractivity contribution in [1.82, 2.24) is 0 Å². The van der Waals surface area contributed by atoms with Gasteiger partial charge in [0.15, 0.2) is 0 Å². The quantitative estimate of drug-likeness (QED) is 0.326. The summed E-state index contributed by atoms with van der Waals surface area (Å²) >= 11 is 0.918. The van der Waals surface area contributed by atoms with Gasteiger partial charge in [-0.25, -0.2) is 6.57 Å². The van der Waals surface area contributed by atoms with Gasteiger partial charge < -0.3 is 0 Å². The van der Waals surface area contributed by atoms with Crippen molar-refractivity contribution in [3.05, 3.63) is 76.1 Å². The summed E-state index contributed by atoms with van der Waals surface area (Å²) in [6, 6.07) is 8.10. The van der Waals surface area contributed by atoms with Crippen LogP contribution >= 0.6 is 11.8 Å². The monoisotopic (exact) mass is 375 g/mol. The summed E-state index contributed by atoms with van der Waals surface area (Å²) < 4.78 is 77.7. The number of nitrogens with zero attached hydrogens (tertiary/aromatic N) is 1. The van der Waals surface area contributed by atoms with Crippen LogP contribution in [0.3, 0.4) is 0 Å². The fourth-order valence-electron chi connectivity index (χ4n) is 2.10.